The van der Waals surface area contributed by atoms with Crippen LogP contribution in [0.1, 0.15) is 49.8 Å². The molecular weight excluding hydrogens is 338 g/mol. The number of rotatable bonds is 7. The summed E-state index contributed by atoms with van der Waals surface area (Å²) < 4.78 is 5.23. The standard InChI is InChI=1S/C23H29NO3/c1-18(19-9-11-21(27-2)12-10-19)24-15-14-23(13-6-16-25,17-22(24)26)20-7-4-3-5-8-20/h3-5,7-12,18,25H,6,13-17H2,1-2H3/t18-,23?/m0/s1. The average Bonchev–Trinajstić information content (AvgIpc) is 2.72. The third-order valence-electron chi connectivity index (χ3n) is 5.91. The molecule has 2 atom stereocenters. The fraction of sp³-hybridized carbons (Fsp3) is 0.435. The zero-order valence-corrected chi connectivity index (χ0v) is 16.2. The van der Waals surface area contributed by atoms with Crippen molar-refractivity contribution in [3.05, 3.63) is 65.7 Å². The van der Waals surface area contributed by atoms with Crippen LogP contribution < -0.4 is 4.74 Å². The number of ether oxygens (including phenoxy) is 1. The van der Waals surface area contributed by atoms with Gasteiger partial charge in [0, 0.05) is 25.0 Å². The molecule has 0 aliphatic carbocycles. The van der Waals surface area contributed by atoms with Crippen molar-refractivity contribution in [2.75, 3.05) is 20.3 Å². The van der Waals surface area contributed by atoms with E-state index in [4.69, 9.17) is 4.74 Å². The number of nitrogens with zero attached hydrogens (tertiary/aromatic N) is 1. The van der Waals surface area contributed by atoms with Crippen LogP contribution in [0, 0.1) is 0 Å². The summed E-state index contributed by atoms with van der Waals surface area (Å²) >= 11 is 0. The van der Waals surface area contributed by atoms with Crippen LogP contribution in [0.15, 0.2) is 54.6 Å². The summed E-state index contributed by atoms with van der Waals surface area (Å²) in [6.07, 6.45) is 2.97. The molecule has 0 aromatic heterocycles. The molecule has 0 spiro atoms. The monoisotopic (exact) mass is 367 g/mol. The quantitative estimate of drug-likeness (QED) is 0.802. The highest BCUT2D eigenvalue weighted by atomic mass is 16.5. The Bertz CT molecular complexity index is 744. The number of amides is 1. The maximum absolute atomic E-state index is 13.1. The van der Waals surface area contributed by atoms with Gasteiger partial charge in [-0.2, -0.15) is 0 Å². The number of methoxy groups -OCH3 is 1. The second-order valence-corrected chi connectivity index (χ2v) is 7.44. The normalized spacial score (nSPS) is 21.1. The van der Waals surface area contributed by atoms with Crippen molar-refractivity contribution in [3.63, 3.8) is 0 Å². The van der Waals surface area contributed by atoms with Gasteiger partial charge in [0.2, 0.25) is 5.91 Å². The van der Waals surface area contributed by atoms with Gasteiger partial charge >= 0.3 is 0 Å². The highest BCUT2D eigenvalue weighted by molar-refractivity contribution is 5.79. The predicted octanol–water partition coefficient (Wildman–Crippen LogP) is 4.09. The first kappa shape index (κ1) is 19.4. The fourth-order valence-corrected chi connectivity index (χ4v) is 4.22. The van der Waals surface area contributed by atoms with Crippen molar-refractivity contribution < 1.29 is 14.6 Å². The van der Waals surface area contributed by atoms with Gasteiger partial charge in [0.1, 0.15) is 5.75 Å². The Balaban J connectivity index is 1.78. The van der Waals surface area contributed by atoms with E-state index in [0.717, 1.165) is 37.1 Å². The van der Waals surface area contributed by atoms with Gasteiger partial charge in [0.15, 0.2) is 0 Å². The van der Waals surface area contributed by atoms with Gasteiger partial charge in [-0.3, -0.25) is 4.79 Å². The third-order valence-corrected chi connectivity index (χ3v) is 5.91. The first-order valence-corrected chi connectivity index (χ1v) is 9.69. The maximum atomic E-state index is 13.1. The van der Waals surface area contributed by atoms with E-state index < -0.39 is 0 Å². The van der Waals surface area contributed by atoms with Crippen LogP contribution in [0.2, 0.25) is 0 Å². The number of piperidine rings is 1. The molecule has 1 aliphatic heterocycles. The van der Waals surface area contributed by atoms with Crippen molar-refractivity contribution >= 4 is 5.91 Å². The summed E-state index contributed by atoms with van der Waals surface area (Å²) in [5.74, 6) is 1.01. The minimum absolute atomic E-state index is 0.0371. The van der Waals surface area contributed by atoms with Crippen LogP contribution in [-0.4, -0.2) is 36.2 Å². The summed E-state index contributed by atoms with van der Waals surface area (Å²) in [5, 5.41) is 9.35. The number of aliphatic hydroxyl groups is 1. The van der Waals surface area contributed by atoms with Crippen molar-refractivity contribution in [1.29, 1.82) is 0 Å². The Hall–Kier alpha value is -2.33. The smallest absolute Gasteiger partial charge is 0.223 e. The Morgan fingerprint density at radius 1 is 1.15 bits per heavy atom. The Labute approximate surface area is 161 Å². The number of hydrogen-bond acceptors (Lipinski definition) is 3. The molecule has 1 fully saturated rings. The Morgan fingerprint density at radius 2 is 1.85 bits per heavy atom. The number of hydrogen-bond donors (Lipinski definition) is 1. The molecule has 1 amide bonds. The molecule has 0 radical (unpaired) electrons. The molecule has 4 nitrogen and oxygen atoms in total. The summed E-state index contributed by atoms with van der Waals surface area (Å²) in [4.78, 5) is 15.1. The molecule has 1 N–H and O–H groups in total. The van der Waals surface area contributed by atoms with Crippen LogP contribution >= 0.6 is 0 Å². The van der Waals surface area contributed by atoms with Gasteiger partial charge in [0.05, 0.1) is 13.2 Å². The van der Waals surface area contributed by atoms with E-state index >= 15 is 0 Å². The number of carbonyl (C=O) groups excluding carboxylic acids is 1. The van der Waals surface area contributed by atoms with Gasteiger partial charge in [-0.1, -0.05) is 42.5 Å². The number of aliphatic hydroxyl groups excluding tert-OH is 1. The molecule has 3 rings (SSSR count). The molecule has 4 heteroatoms. The van der Waals surface area contributed by atoms with Crippen LogP contribution in [0.25, 0.3) is 0 Å². The van der Waals surface area contributed by atoms with E-state index in [2.05, 4.69) is 19.1 Å². The number of benzene rings is 2. The average molecular weight is 367 g/mol. The number of carbonyl (C=O) groups is 1. The molecule has 144 valence electrons. The van der Waals surface area contributed by atoms with E-state index in [0.29, 0.717) is 6.42 Å². The molecule has 0 saturated carbocycles. The molecule has 1 heterocycles. The van der Waals surface area contributed by atoms with Crippen molar-refractivity contribution in [3.8, 4) is 5.75 Å². The highest BCUT2D eigenvalue weighted by Crippen LogP contribution is 2.42. The number of likely N-dealkylation sites (tertiary alicyclic amines) is 1. The lowest BCUT2D eigenvalue weighted by molar-refractivity contribution is -0.138. The second-order valence-electron chi connectivity index (χ2n) is 7.44. The zero-order chi connectivity index (χ0) is 19.3. The van der Waals surface area contributed by atoms with Crippen molar-refractivity contribution in [2.45, 2.75) is 44.1 Å². The molecular formula is C23H29NO3. The van der Waals surface area contributed by atoms with Crippen LogP contribution in [0.4, 0.5) is 0 Å². The van der Waals surface area contributed by atoms with Crippen LogP contribution in [0.3, 0.4) is 0 Å². The lowest BCUT2D eigenvalue weighted by Crippen LogP contribution is -2.47. The molecule has 2 aromatic rings. The molecule has 1 unspecified atom stereocenters. The molecule has 2 aromatic carbocycles. The largest absolute Gasteiger partial charge is 0.497 e. The fourth-order valence-electron chi connectivity index (χ4n) is 4.22. The van der Waals surface area contributed by atoms with Gasteiger partial charge < -0.3 is 14.7 Å². The second kappa shape index (κ2) is 8.57. The lowest BCUT2D eigenvalue weighted by atomic mass is 9.69. The van der Waals surface area contributed by atoms with E-state index in [9.17, 15) is 9.90 Å². The molecule has 1 saturated heterocycles. The summed E-state index contributed by atoms with van der Waals surface area (Å²) in [6, 6.07) is 18.3. The van der Waals surface area contributed by atoms with Gasteiger partial charge in [-0.15, -0.1) is 0 Å². The highest BCUT2D eigenvalue weighted by Gasteiger charge is 2.41. The summed E-state index contributed by atoms with van der Waals surface area (Å²) in [6.45, 7) is 2.98. The maximum Gasteiger partial charge on any atom is 0.223 e. The summed E-state index contributed by atoms with van der Waals surface area (Å²) in [7, 11) is 1.65. The van der Waals surface area contributed by atoms with Crippen LogP contribution in [0.5, 0.6) is 5.75 Å². The minimum atomic E-state index is -0.169. The minimum Gasteiger partial charge on any atom is -0.497 e. The van der Waals surface area contributed by atoms with Crippen molar-refractivity contribution in [2.24, 2.45) is 0 Å². The SMILES string of the molecule is COc1ccc([C@H](C)N2CCC(CCCO)(c3ccccc3)CC2=O)cc1. The van der Waals surface area contributed by atoms with Crippen LogP contribution in [-0.2, 0) is 10.2 Å². The predicted molar refractivity (Wildman–Crippen MR) is 107 cm³/mol. The van der Waals surface area contributed by atoms with Gasteiger partial charge in [-0.05, 0) is 49.4 Å². The first-order chi connectivity index (χ1) is 13.1. The van der Waals surface area contributed by atoms with E-state index in [1.165, 1.54) is 5.56 Å². The van der Waals surface area contributed by atoms with Gasteiger partial charge in [0.25, 0.3) is 0 Å². The molecule has 1 aliphatic rings. The third kappa shape index (κ3) is 4.16. The molecule has 27 heavy (non-hydrogen) atoms. The topological polar surface area (TPSA) is 49.8 Å². The molecule has 0 bridgehead atoms. The van der Waals surface area contributed by atoms with Gasteiger partial charge in [-0.25, -0.2) is 0 Å². The van der Waals surface area contributed by atoms with E-state index in [1.54, 1.807) is 7.11 Å². The van der Waals surface area contributed by atoms with E-state index in [1.807, 2.05) is 47.4 Å². The lowest BCUT2D eigenvalue weighted by Gasteiger charge is -2.44. The Kier molecular flexibility index (Phi) is 6.17. The zero-order valence-electron chi connectivity index (χ0n) is 16.2. The van der Waals surface area contributed by atoms with E-state index in [-0.39, 0.29) is 24.0 Å². The summed E-state index contributed by atoms with van der Waals surface area (Å²) in [5.41, 5.74) is 2.16. The Morgan fingerprint density at radius 3 is 2.44 bits per heavy atom. The van der Waals surface area contributed by atoms with Crippen molar-refractivity contribution in [1.82, 2.24) is 4.90 Å². The first-order valence-electron chi connectivity index (χ1n) is 9.69.